The molecule has 0 fully saturated rings. The minimum atomic E-state index is -0.418. The summed E-state index contributed by atoms with van der Waals surface area (Å²) in [4.78, 5) is 15.3. The molecule has 0 aliphatic rings. The molecule has 0 unspecified atom stereocenters. The summed E-state index contributed by atoms with van der Waals surface area (Å²) in [5.41, 5.74) is 2.98. The van der Waals surface area contributed by atoms with Crippen molar-refractivity contribution in [1.29, 1.82) is 0 Å². The van der Waals surface area contributed by atoms with E-state index in [0.717, 1.165) is 0 Å². The zero-order valence-corrected chi connectivity index (χ0v) is 11.9. The highest BCUT2D eigenvalue weighted by Crippen LogP contribution is 2.21. The number of hydrogen-bond acceptors (Lipinski definition) is 4. The van der Waals surface area contributed by atoms with Crippen LogP contribution >= 0.6 is 15.9 Å². The number of nitrogens with one attached hydrogen (secondary N) is 1. The second kappa shape index (κ2) is 6.44. The number of nitrogens with two attached hydrogens (primary N) is 1. The van der Waals surface area contributed by atoms with Gasteiger partial charge in [0.2, 0.25) is 0 Å². The van der Waals surface area contributed by atoms with Crippen molar-refractivity contribution in [1.82, 2.24) is 10.4 Å². The van der Waals surface area contributed by atoms with Gasteiger partial charge in [-0.15, -0.1) is 0 Å². The fourth-order valence-electron chi connectivity index (χ4n) is 1.50. The molecule has 5 nitrogen and oxygen atoms in total. The van der Waals surface area contributed by atoms with E-state index in [4.69, 9.17) is 10.6 Å². The van der Waals surface area contributed by atoms with Crippen LogP contribution in [-0.4, -0.2) is 10.9 Å². The van der Waals surface area contributed by atoms with Gasteiger partial charge in [-0.25, -0.2) is 10.2 Å². The predicted octanol–water partition coefficient (Wildman–Crippen LogP) is 2.17. The molecule has 1 amide bonds. The van der Waals surface area contributed by atoms with Crippen molar-refractivity contribution in [3.05, 3.63) is 58.1 Å². The summed E-state index contributed by atoms with van der Waals surface area (Å²) in [6, 6.07) is 7.49. The van der Waals surface area contributed by atoms with E-state index in [1.54, 1.807) is 18.2 Å². The third-order valence-corrected chi connectivity index (χ3v) is 2.90. The average Bonchev–Trinajstić information content (AvgIpc) is 2.44. The Bertz CT molecular complexity index is 599. The molecule has 7 heteroatoms. The molecule has 0 radical (unpaired) electrons. The molecular formula is C13H11BrFN3O2. The van der Waals surface area contributed by atoms with Crippen LogP contribution in [0.25, 0.3) is 0 Å². The van der Waals surface area contributed by atoms with Gasteiger partial charge in [0.25, 0.3) is 5.91 Å². The summed E-state index contributed by atoms with van der Waals surface area (Å²) < 4.78 is 19.2. The molecule has 104 valence electrons. The minimum absolute atomic E-state index is 0.167. The van der Waals surface area contributed by atoms with Crippen LogP contribution in [-0.2, 0) is 6.61 Å². The first-order valence-corrected chi connectivity index (χ1v) is 6.42. The second-order valence-corrected chi connectivity index (χ2v) is 4.82. The van der Waals surface area contributed by atoms with Crippen molar-refractivity contribution in [2.24, 2.45) is 5.84 Å². The van der Waals surface area contributed by atoms with E-state index in [9.17, 15) is 9.18 Å². The van der Waals surface area contributed by atoms with Gasteiger partial charge in [-0.1, -0.05) is 15.9 Å². The number of nitrogens with zero attached hydrogens (tertiary/aromatic N) is 1. The van der Waals surface area contributed by atoms with Gasteiger partial charge in [-0.3, -0.25) is 15.2 Å². The number of rotatable bonds is 4. The van der Waals surface area contributed by atoms with E-state index in [1.165, 1.54) is 18.3 Å². The van der Waals surface area contributed by atoms with Crippen molar-refractivity contribution in [2.45, 2.75) is 6.61 Å². The highest BCUT2D eigenvalue weighted by Gasteiger charge is 2.05. The molecule has 0 aliphatic carbocycles. The SMILES string of the molecule is NNC(=O)c1ccc(COc2cc(F)cc(Br)c2)nc1. The Labute approximate surface area is 123 Å². The van der Waals surface area contributed by atoms with Gasteiger partial charge in [-0.2, -0.15) is 0 Å². The van der Waals surface area contributed by atoms with Gasteiger partial charge in [0.1, 0.15) is 18.2 Å². The van der Waals surface area contributed by atoms with Gasteiger partial charge in [0, 0.05) is 16.7 Å². The maximum atomic E-state index is 13.2. The minimum Gasteiger partial charge on any atom is -0.487 e. The Morgan fingerprint density at radius 1 is 1.40 bits per heavy atom. The summed E-state index contributed by atoms with van der Waals surface area (Å²) in [5, 5.41) is 0. The molecule has 0 aliphatic heterocycles. The van der Waals surface area contributed by atoms with E-state index in [-0.39, 0.29) is 6.61 Å². The molecule has 1 aromatic carbocycles. The van der Waals surface area contributed by atoms with Gasteiger partial charge in [0.15, 0.2) is 0 Å². The first-order chi connectivity index (χ1) is 9.58. The molecule has 2 rings (SSSR count). The normalized spacial score (nSPS) is 10.2. The maximum Gasteiger partial charge on any atom is 0.266 e. The van der Waals surface area contributed by atoms with E-state index >= 15 is 0 Å². The summed E-state index contributed by atoms with van der Waals surface area (Å²) >= 11 is 3.18. The number of aromatic nitrogens is 1. The Morgan fingerprint density at radius 2 is 2.20 bits per heavy atom. The fourth-order valence-corrected chi connectivity index (χ4v) is 1.94. The van der Waals surface area contributed by atoms with Crippen LogP contribution in [0.3, 0.4) is 0 Å². The zero-order chi connectivity index (χ0) is 14.5. The van der Waals surface area contributed by atoms with Gasteiger partial charge in [0.05, 0.1) is 11.3 Å². The molecule has 2 aromatic rings. The number of benzene rings is 1. The standard InChI is InChI=1S/C13H11BrFN3O2/c14-9-3-10(15)5-12(4-9)20-7-11-2-1-8(6-17-11)13(19)18-16/h1-6H,7,16H2,(H,18,19). The van der Waals surface area contributed by atoms with Gasteiger partial charge < -0.3 is 4.74 Å². The lowest BCUT2D eigenvalue weighted by molar-refractivity contribution is 0.0953. The second-order valence-electron chi connectivity index (χ2n) is 3.91. The quantitative estimate of drug-likeness (QED) is 0.508. The third kappa shape index (κ3) is 3.75. The van der Waals surface area contributed by atoms with Crippen molar-refractivity contribution >= 4 is 21.8 Å². The van der Waals surface area contributed by atoms with E-state index in [1.807, 2.05) is 5.43 Å². The van der Waals surface area contributed by atoms with Crippen LogP contribution < -0.4 is 16.0 Å². The fraction of sp³-hybridized carbons (Fsp3) is 0.0769. The highest BCUT2D eigenvalue weighted by molar-refractivity contribution is 9.10. The maximum absolute atomic E-state index is 13.2. The lowest BCUT2D eigenvalue weighted by Gasteiger charge is -2.07. The van der Waals surface area contributed by atoms with Crippen LogP contribution in [0.5, 0.6) is 5.75 Å². The van der Waals surface area contributed by atoms with E-state index in [0.29, 0.717) is 21.5 Å². The summed E-state index contributed by atoms with van der Waals surface area (Å²) in [6.45, 7) is 0.167. The molecule has 20 heavy (non-hydrogen) atoms. The monoisotopic (exact) mass is 339 g/mol. The van der Waals surface area contributed by atoms with Crippen LogP contribution in [0.1, 0.15) is 16.1 Å². The van der Waals surface area contributed by atoms with E-state index < -0.39 is 11.7 Å². The largest absolute Gasteiger partial charge is 0.487 e. The Kier molecular flexibility index (Phi) is 4.65. The number of hydrogen-bond donors (Lipinski definition) is 2. The number of hydrazine groups is 1. The highest BCUT2D eigenvalue weighted by atomic mass is 79.9. The average molecular weight is 340 g/mol. The van der Waals surface area contributed by atoms with Crippen LogP contribution in [0.2, 0.25) is 0 Å². The molecule has 1 aromatic heterocycles. The van der Waals surface area contributed by atoms with Gasteiger partial charge in [-0.05, 0) is 24.3 Å². The lowest BCUT2D eigenvalue weighted by atomic mass is 10.2. The first-order valence-electron chi connectivity index (χ1n) is 5.63. The number of halogens is 2. The molecular weight excluding hydrogens is 329 g/mol. The van der Waals surface area contributed by atoms with E-state index in [2.05, 4.69) is 20.9 Å². The smallest absolute Gasteiger partial charge is 0.266 e. The number of ether oxygens (including phenoxy) is 1. The van der Waals surface area contributed by atoms with Crippen molar-refractivity contribution in [2.75, 3.05) is 0 Å². The molecule has 0 saturated carbocycles. The topological polar surface area (TPSA) is 77.2 Å². The number of pyridine rings is 1. The molecule has 0 saturated heterocycles. The van der Waals surface area contributed by atoms with Crippen molar-refractivity contribution in [3.8, 4) is 5.75 Å². The van der Waals surface area contributed by atoms with Crippen molar-refractivity contribution < 1.29 is 13.9 Å². The van der Waals surface area contributed by atoms with Crippen LogP contribution in [0.15, 0.2) is 41.0 Å². The number of amides is 1. The third-order valence-electron chi connectivity index (χ3n) is 2.44. The molecule has 0 atom stereocenters. The van der Waals surface area contributed by atoms with Crippen LogP contribution in [0.4, 0.5) is 4.39 Å². The molecule has 0 spiro atoms. The van der Waals surface area contributed by atoms with Crippen LogP contribution in [0, 0.1) is 5.82 Å². The van der Waals surface area contributed by atoms with Gasteiger partial charge >= 0.3 is 0 Å². The zero-order valence-electron chi connectivity index (χ0n) is 10.3. The lowest BCUT2D eigenvalue weighted by Crippen LogP contribution is -2.30. The molecule has 3 N–H and O–H groups in total. The Morgan fingerprint density at radius 3 is 2.80 bits per heavy atom. The first kappa shape index (κ1) is 14.4. The summed E-state index contributed by atoms with van der Waals surface area (Å²) in [5.74, 6) is 4.60. The van der Waals surface area contributed by atoms with Crippen molar-refractivity contribution in [3.63, 3.8) is 0 Å². The number of carbonyl (C=O) groups excluding carboxylic acids is 1. The summed E-state index contributed by atoms with van der Waals surface area (Å²) in [7, 11) is 0. The Hall–Kier alpha value is -1.99. The predicted molar refractivity (Wildman–Crippen MR) is 74.3 cm³/mol. The summed E-state index contributed by atoms with van der Waals surface area (Å²) in [6.07, 6.45) is 1.39. The number of nitrogen functional groups attached to an aromatic ring is 1. The molecule has 0 bridgehead atoms. The Balaban J connectivity index is 2.02. The molecule has 1 heterocycles. The number of carbonyl (C=O) groups is 1.